The Bertz CT molecular complexity index is 367. The number of rotatable bonds is 2. The monoisotopic (exact) mass is 227 g/mol. The fourth-order valence-electron chi connectivity index (χ4n) is 1.52. The van der Waals surface area contributed by atoms with Gasteiger partial charge in [-0.05, 0) is 0 Å². The molecule has 1 aliphatic heterocycles. The van der Waals surface area contributed by atoms with Crippen LogP contribution >= 0.6 is 0 Å². The van der Waals surface area contributed by atoms with Gasteiger partial charge >= 0.3 is 0 Å². The van der Waals surface area contributed by atoms with Crippen LogP contribution in [0.15, 0.2) is 6.20 Å². The maximum Gasteiger partial charge on any atom is 0.241 e. The number of hydrogen-bond acceptors (Lipinski definition) is 6. The highest BCUT2D eigenvalue weighted by atomic mass is 19.1. The van der Waals surface area contributed by atoms with Gasteiger partial charge in [0, 0.05) is 20.1 Å². The first-order valence-corrected chi connectivity index (χ1v) is 5.02. The second kappa shape index (κ2) is 4.58. The Morgan fingerprint density at radius 1 is 1.50 bits per heavy atom. The standard InChI is InChI=1S/C9H14FN5O/c1-14(11)9-12-6-7(10)8(13-9)15-2-4-16-5-3-15/h6H,2-5,11H2,1H3. The summed E-state index contributed by atoms with van der Waals surface area (Å²) in [5, 5.41) is 1.25. The van der Waals surface area contributed by atoms with E-state index < -0.39 is 5.82 Å². The number of hydrazine groups is 1. The Hall–Kier alpha value is -1.47. The Morgan fingerprint density at radius 2 is 2.19 bits per heavy atom. The van der Waals surface area contributed by atoms with Crippen molar-refractivity contribution in [3.05, 3.63) is 12.0 Å². The molecule has 0 saturated carbocycles. The van der Waals surface area contributed by atoms with Gasteiger partial charge in [-0.15, -0.1) is 0 Å². The molecule has 0 aromatic carbocycles. The molecule has 0 atom stereocenters. The lowest BCUT2D eigenvalue weighted by Crippen LogP contribution is -2.38. The van der Waals surface area contributed by atoms with Crippen molar-refractivity contribution in [3.8, 4) is 0 Å². The molecule has 0 radical (unpaired) electrons. The summed E-state index contributed by atoms with van der Waals surface area (Å²) in [6, 6.07) is 0. The third-order valence-corrected chi connectivity index (χ3v) is 2.34. The molecule has 0 unspecified atom stereocenters. The molecule has 88 valence electrons. The second-order valence-electron chi connectivity index (χ2n) is 3.55. The van der Waals surface area contributed by atoms with E-state index in [1.54, 1.807) is 7.05 Å². The van der Waals surface area contributed by atoms with Gasteiger partial charge in [-0.1, -0.05) is 0 Å². The van der Waals surface area contributed by atoms with Crippen LogP contribution in [0.4, 0.5) is 16.2 Å². The molecule has 7 heteroatoms. The van der Waals surface area contributed by atoms with E-state index in [0.717, 1.165) is 6.20 Å². The number of nitrogens with zero attached hydrogens (tertiary/aromatic N) is 4. The van der Waals surface area contributed by atoms with Crippen molar-refractivity contribution in [3.63, 3.8) is 0 Å². The summed E-state index contributed by atoms with van der Waals surface area (Å²) in [5.74, 6) is 5.64. The number of morpholine rings is 1. The summed E-state index contributed by atoms with van der Waals surface area (Å²) in [4.78, 5) is 9.70. The minimum absolute atomic E-state index is 0.283. The average Bonchev–Trinajstić information content (AvgIpc) is 2.30. The molecule has 16 heavy (non-hydrogen) atoms. The summed E-state index contributed by atoms with van der Waals surface area (Å²) in [7, 11) is 1.61. The second-order valence-corrected chi connectivity index (χ2v) is 3.55. The van der Waals surface area contributed by atoms with Crippen LogP contribution in [0.25, 0.3) is 0 Å². The third kappa shape index (κ3) is 2.20. The first-order chi connectivity index (χ1) is 7.68. The zero-order chi connectivity index (χ0) is 11.5. The van der Waals surface area contributed by atoms with Crippen molar-refractivity contribution in [2.24, 2.45) is 5.84 Å². The number of ether oxygens (including phenoxy) is 1. The minimum Gasteiger partial charge on any atom is -0.378 e. The molecule has 6 nitrogen and oxygen atoms in total. The molecule has 0 aliphatic carbocycles. The lowest BCUT2D eigenvalue weighted by molar-refractivity contribution is 0.122. The van der Waals surface area contributed by atoms with E-state index in [2.05, 4.69) is 9.97 Å². The molecule has 2 heterocycles. The van der Waals surface area contributed by atoms with Crippen LogP contribution in [0.3, 0.4) is 0 Å². The Labute approximate surface area is 92.8 Å². The van der Waals surface area contributed by atoms with E-state index >= 15 is 0 Å². The largest absolute Gasteiger partial charge is 0.378 e. The number of hydrogen-bond donors (Lipinski definition) is 1. The smallest absolute Gasteiger partial charge is 0.241 e. The van der Waals surface area contributed by atoms with E-state index in [1.165, 1.54) is 5.01 Å². The van der Waals surface area contributed by atoms with E-state index in [-0.39, 0.29) is 5.82 Å². The molecule has 1 fully saturated rings. The van der Waals surface area contributed by atoms with Gasteiger partial charge in [-0.3, -0.25) is 5.01 Å². The molecule has 0 spiro atoms. The van der Waals surface area contributed by atoms with Crippen LogP contribution in [0.1, 0.15) is 0 Å². The first-order valence-electron chi connectivity index (χ1n) is 5.02. The summed E-state index contributed by atoms with van der Waals surface area (Å²) < 4.78 is 18.7. The van der Waals surface area contributed by atoms with Crippen molar-refractivity contribution >= 4 is 11.8 Å². The summed E-state index contributed by atoms with van der Waals surface area (Å²) in [5.41, 5.74) is 0. The number of nitrogens with two attached hydrogens (primary N) is 1. The van der Waals surface area contributed by atoms with Crippen LogP contribution in [0, 0.1) is 5.82 Å². The van der Waals surface area contributed by atoms with Crippen LogP contribution in [-0.2, 0) is 4.74 Å². The minimum atomic E-state index is -0.437. The van der Waals surface area contributed by atoms with E-state index in [1.807, 2.05) is 4.90 Å². The fourth-order valence-corrected chi connectivity index (χ4v) is 1.52. The van der Waals surface area contributed by atoms with Gasteiger partial charge in [0.1, 0.15) is 0 Å². The molecule has 1 aromatic heterocycles. The maximum absolute atomic E-state index is 13.6. The quantitative estimate of drug-likeness (QED) is 0.555. The van der Waals surface area contributed by atoms with Gasteiger partial charge in [-0.2, -0.15) is 4.98 Å². The van der Waals surface area contributed by atoms with Crippen molar-refractivity contribution in [2.75, 3.05) is 43.3 Å². The highest BCUT2D eigenvalue weighted by Gasteiger charge is 2.18. The fraction of sp³-hybridized carbons (Fsp3) is 0.556. The third-order valence-electron chi connectivity index (χ3n) is 2.34. The molecule has 0 amide bonds. The molecular formula is C9H14FN5O. The molecule has 1 aliphatic rings. The molecule has 1 saturated heterocycles. The van der Waals surface area contributed by atoms with Crippen LogP contribution in [0.5, 0.6) is 0 Å². The van der Waals surface area contributed by atoms with Gasteiger partial charge in [0.2, 0.25) is 5.95 Å². The number of aromatic nitrogens is 2. The van der Waals surface area contributed by atoms with E-state index in [9.17, 15) is 4.39 Å². The SMILES string of the molecule is CN(N)c1ncc(F)c(N2CCOCC2)n1. The lowest BCUT2D eigenvalue weighted by Gasteiger charge is -2.28. The Morgan fingerprint density at radius 3 is 2.81 bits per heavy atom. The number of anilines is 2. The van der Waals surface area contributed by atoms with Gasteiger partial charge < -0.3 is 9.64 Å². The Kier molecular flexibility index (Phi) is 3.16. The normalized spacial score (nSPS) is 16.3. The molecular weight excluding hydrogens is 213 g/mol. The highest BCUT2D eigenvalue weighted by Crippen LogP contribution is 2.18. The lowest BCUT2D eigenvalue weighted by atomic mass is 10.4. The predicted octanol–water partition coefficient (Wildman–Crippen LogP) is -0.238. The average molecular weight is 227 g/mol. The zero-order valence-corrected chi connectivity index (χ0v) is 9.06. The molecule has 0 bridgehead atoms. The molecule has 2 rings (SSSR count). The van der Waals surface area contributed by atoms with Gasteiger partial charge in [0.15, 0.2) is 11.6 Å². The number of halogens is 1. The van der Waals surface area contributed by atoms with Crippen molar-refractivity contribution < 1.29 is 9.13 Å². The Balaban J connectivity index is 2.27. The summed E-state index contributed by atoms with van der Waals surface area (Å²) >= 11 is 0. The summed E-state index contributed by atoms with van der Waals surface area (Å²) in [6.07, 6.45) is 1.14. The van der Waals surface area contributed by atoms with Crippen LogP contribution < -0.4 is 15.8 Å². The highest BCUT2D eigenvalue weighted by molar-refractivity contribution is 5.44. The van der Waals surface area contributed by atoms with Crippen molar-refractivity contribution in [1.29, 1.82) is 0 Å². The van der Waals surface area contributed by atoms with E-state index in [0.29, 0.717) is 32.3 Å². The van der Waals surface area contributed by atoms with Gasteiger partial charge in [-0.25, -0.2) is 15.2 Å². The van der Waals surface area contributed by atoms with E-state index in [4.69, 9.17) is 10.6 Å². The predicted molar refractivity (Wildman–Crippen MR) is 57.6 cm³/mol. The zero-order valence-electron chi connectivity index (χ0n) is 9.06. The first kappa shape index (κ1) is 11.0. The van der Waals surface area contributed by atoms with Crippen molar-refractivity contribution in [2.45, 2.75) is 0 Å². The van der Waals surface area contributed by atoms with Crippen LogP contribution in [-0.4, -0.2) is 43.3 Å². The molecule has 1 aromatic rings. The van der Waals surface area contributed by atoms with Gasteiger partial charge in [0.25, 0.3) is 0 Å². The summed E-state index contributed by atoms with van der Waals surface area (Å²) in [6.45, 7) is 2.41. The topological polar surface area (TPSA) is 67.5 Å². The molecule has 2 N–H and O–H groups in total. The van der Waals surface area contributed by atoms with Gasteiger partial charge in [0.05, 0.1) is 19.4 Å². The van der Waals surface area contributed by atoms with Crippen molar-refractivity contribution in [1.82, 2.24) is 9.97 Å². The van der Waals surface area contributed by atoms with Crippen LogP contribution in [0.2, 0.25) is 0 Å². The maximum atomic E-state index is 13.6.